The number of carbonyl (C=O) groups excluding carboxylic acids is 1. The Morgan fingerprint density at radius 3 is 2.67 bits per heavy atom. The summed E-state index contributed by atoms with van der Waals surface area (Å²) in [5.41, 5.74) is 5.98. The minimum absolute atomic E-state index is 0.0876. The molecule has 1 rings (SSSR count). The summed E-state index contributed by atoms with van der Waals surface area (Å²) in [6, 6.07) is 4.81. The highest BCUT2D eigenvalue weighted by Crippen LogP contribution is 2.18. The maximum atomic E-state index is 13.8. The molecule has 3 nitrogen and oxygen atoms in total. The molecule has 0 unspecified atom stereocenters. The van der Waals surface area contributed by atoms with Gasteiger partial charge in [-0.15, -0.1) is 0 Å². The van der Waals surface area contributed by atoms with Gasteiger partial charge in [-0.05, 0) is 44.5 Å². The van der Waals surface area contributed by atoms with Gasteiger partial charge in [0.1, 0.15) is 5.82 Å². The van der Waals surface area contributed by atoms with E-state index in [9.17, 15) is 9.18 Å². The van der Waals surface area contributed by atoms with Gasteiger partial charge in [-0.1, -0.05) is 28.8 Å². The number of halogens is 2. The Balaban J connectivity index is 2.50. The number of benzene rings is 1. The van der Waals surface area contributed by atoms with E-state index in [0.717, 1.165) is 30.2 Å². The first-order valence-electron chi connectivity index (χ1n) is 7.50. The van der Waals surface area contributed by atoms with Crippen molar-refractivity contribution in [2.24, 2.45) is 5.73 Å². The topological polar surface area (TPSA) is 46.3 Å². The standard InChI is InChI=1S/C16H24BrFN2O/c1-2-20(16(21)7-5-3-4-6-10-19)12-13-11-14(17)8-9-15(13)18/h8-9,11H,2-7,10,12,19H2,1H3. The summed E-state index contributed by atoms with van der Waals surface area (Å²) in [5, 5.41) is 0. The van der Waals surface area contributed by atoms with Crippen molar-refractivity contribution in [2.75, 3.05) is 13.1 Å². The van der Waals surface area contributed by atoms with Crippen molar-refractivity contribution >= 4 is 21.8 Å². The van der Waals surface area contributed by atoms with Crippen molar-refractivity contribution in [1.82, 2.24) is 4.90 Å². The first-order valence-corrected chi connectivity index (χ1v) is 8.29. The van der Waals surface area contributed by atoms with Gasteiger partial charge in [0.2, 0.25) is 5.91 Å². The lowest BCUT2D eigenvalue weighted by Gasteiger charge is -2.21. The second-order valence-electron chi connectivity index (χ2n) is 5.10. The number of amides is 1. The molecule has 0 saturated carbocycles. The fourth-order valence-electron chi connectivity index (χ4n) is 2.18. The van der Waals surface area contributed by atoms with E-state index in [1.807, 2.05) is 6.92 Å². The number of nitrogens with zero attached hydrogens (tertiary/aromatic N) is 1. The van der Waals surface area contributed by atoms with Crippen LogP contribution in [0.25, 0.3) is 0 Å². The highest BCUT2D eigenvalue weighted by Gasteiger charge is 2.14. The predicted molar refractivity (Wildman–Crippen MR) is 87.3 cm³/mol. The lowest BCUT2D eigenvalue weighted by molar-refractivity contribution is -0.131. The molecular weight excluding hydrogens is 335 g/mol. The SMILES string of the molecule is CCN(Cc1cc(Br)ccc1F)C(=O)CCCCCCN. The molecule has 0 bridgehead atoms. The molecule has 5 heteroatoms. The molecule has 0 aliphatic heterocycles. The minimum atomic E-state index is -0.271. The van der Waals surface area contributed by atoms with Gasteiger partial charge in [-0.3, -0.25) is 4.79 Å². The molecule has 1 aromatic rings. The third-order valence-corrected chi connectivity index (χ3v) is 3.94. The van der Waals surface area contributed by atoms with Crippen LogP contribution in [0.2, 0.25) is 0 Å². The Morgan fingerprint density at radius 1 is 1.29 bits per heavy atom. The quantitative estimate of drug-likeness (QED) is 0.681. The van der Waals surface area contributed by atoms with E-state index < -0.39 is 0 Å². The number of carbonyl (C=O) groups is 1. The average Bonchev–Trinajstić information content (AvgIpc) is 2.47. The van der Waals surface area contributed by atoms with Gasteiger partial charge in [-0.2, -0.15) is 0 Å². The van der Waals surface area contributed by atoms with Crippen molar-refractivity contribution in [2.45, 2.75) is 45.6 Å². The Bertz CT molecular complexity index is 454. The fourth-order valence-corrected chi connectivity index (χ4v) is 2.59. The maximum absolute atomic E-state index is 13.8. The Morgan fingerprint density at radius 2 is 2.00 bits per heavy atom. The normalized spacial score (nSPS) is 10.7. The molecule has 118 valence electrons. The van der Waals surface area contributed by atoms with Gasteiger partial charge >= 0.3 is 0 Å². The molecule has 1 amide bonds. The molecule has 1 aromatic carbocycles. The summed E-state index contributed by atoms with van der Waals surface area (Å²) < 4.78 is 14.6. The van der Waals surface area contributed by atoms with Gasteiger partial charge in [0, 0.05) is 29.5 Å². The molecule has 0 radical (unpaired) electrons. The Labute approximate surface area is 134 Å². The van der Waals surface area contributed by atoms with Crippen LogP contribution in [0.15, 0.2) is 22.7 Å². The van der Waals surface area contributed by atoms with Crippen LogP contribution < -0.4 is 5.73 Å². The van der Waals surface area contributed by atoms with Crippen LogP contribution in [0.3, 0.4) is 0 Å². The number of hydrogen-bond acceptors (Lipinski definition) is 2. The summed E-state index contributed by atoms with van der Waals surface area (Å²) in [5.74, 6) is -0.183. The molecule has 2 N–H and O–H groups in total. The smallest absolute Gasteiger partial charge is 0.222 e. The summed E-state index contributed by atoms with van der Waals surface area (Å²) >= 11 is 3.33. The van der Waals surface area contributed by atoms with Gasteiger partial charge in [0.15, 0.2) is 0 Å². The van der Waals surface area contributed by atoms with E-state index in [-0.39, 0.29) is 11.7 Å². The van der Waals surface area contributed by atoms with Gasteiger partial charge in [-0.25, -0.2) is 4.39 Å². The zero-order valence-electron chi connectivity index (χ0n) is 12.6. The van der Waals surface area contributed by atoms with Crippen LogP contribution in [0.5, 0.6) is 0 Å². The lowest BCUT2D eigenvalue weighted by atomic mass is 10.1. The molecule has 0 saturated heterocycles. The molecule has 0 aromatic heterocycles. The first kappa shape index (κ1) is 18.1. The van der Waals surface area contributed by atoms with Crippen LogP contribution >= 0.6 is 15.9 Å². The molecule has 0 fully saturated rings. The van der Waals surface area contributed by atoms with Gasteiger partial charge in [0.25, 0.3) is 0 Å². The van der Waals surface area contributed by atoms with E-state index in [0.29, 0.717) is 31.6 Å². The lowest BCUT2D eigenvalue weighted by Crippen LogP contribution is -2.30. The van der Waals surface area contributed by atoms with Crippen LogP contribution in [-0.4, -0.2) is 23.9 Å². The van der Waals surface area contributed by atoms with Crippen molar-refractivity contribution < 1.29 is 9.18 Å². The molecule has 0 heterocycles. The zero-order chi connectivity index (χ0) is 15.7. The van der Waals surface area contributed by atoms with Crippen LogP contribution in [-0.2, 0) is 11.3 Å². The monoisotopic (exact) mass is 358 g/mol. The summed E-state index contributed by atoms with van der Waals surface area (Å²) in [6.45, 7) is 3.54. The molecular formula is C16H24BrFN2O. The second kappa shape index (κ2) is 9.90. The van der Waals surface area contributed by atoms with Gasteiger partial charge < -0.3 is 10.6 Å². The van der Waals surface area contributed by atoms with E-state index >= 15 is 0 Å². The number of unbranched alkanes of at least 4 members (excludes halogenated alkanes) is 3. The van der Waals surface area contributed by atoms with Crippen LogP contribution in [0.1, 0.15) is 44.6 Å². The zero-order valence-corrected chi connectivity index (χ0v) is 14.2. The number of rotatable bonds is 9. The second-order valence-corrected chi connectivity index (χ2v) is 6.01. The van der Waals surface area contributed by atoms with Crippen LogP contribution in [0.4, 0.5) is 4.39 Å². The molecule has 0 atom stereocenters. The van der Waals surface area contributed by atoms with E-state index in [4.69, 9.17) is 5.73 Å². The number of nitrogens with two attached hydrogens (primary N) is 1. The van der Waals surface area contributed by atoms with Crippen molar-refractivity contribution in [3.8, 4) is 0 Å². The fraction of sp³-hybridized carbons (Fsp3) is 0.562. The molecule has 0 spiro atoms. The highest BCUT2D eigenvalue weighted by atomic mass is 79.9. The Hall–Kier alpha value is -0.940. The third kappa shape index (κ3) is 6.57. The molecule has 0 aliphatic rings. The summed E-state index contributed by atoms with van der Waals surface area (Å²) in [6.07, 6.45) is 4.49. The van der Waals surface area contributed by atoms with E-state index in [2.05, 4.69) is 15.9 Å². The van der Waals surface area contributed by atoms with Crippen molar-refractivity contribution in [3.63, 3.8) is 0 Å². The van der Waals surface area contributed by atoms with Crippen LogP contribution in [0, 0.1) is 5.82 Å². The molecule has 0 aliphatic carbocycles. The number of hydrogen-bond donors (Lipinski definition) is 1. The predicted octanol–water partition coefficient (Wildman–Crippen LogP) is 3.85. The first-order chi connectivity index (χ1) is 10.1. The van der Waals surface area contributed by atoms with Crippen molar-refractivity contribution in [3.05, 3.63) is 34.1 Å². The Kier molecular flexibility index (Phi) is 8.54. The van der Waals surface area contributed by atoms with Gasteiger partial charge in [0.05, 0.1) is 0 Å². The maximum Gasteiger partial charge on any atom is 0.222 e. The van der Waals surface area contributed by atoms with E-state index in [1.165, 1.54) is 6.07 Å². The minimum Gasteiger partial charge on any atom is -0.339 e. The summed E-state index contributed by atoms with van der Waals surface area (Å²) in [7, 11) is 0. The van der Waals surface area contributed by atoms with E-state index in [1.54, 1.807) is 17.0 Å². The van der Waals surface area contributed by atoms with Crippen molar-refractivity contribution in [1.29, 1.82) is 0 Å². The highest BCUT2D eigenvalue weighted by molar-refractivity contribution is 9.10. The largest absolute Gasteiger partial charge is 0.339 e. The third-order valence-electron chi connectivity index (χ3n) is 3.45. The summed E-state index contributed by atoms with van der Waals surface area (Å²) in [4.78, 5) is 13.9. The molecule has 21 heavy (non-hydrogen) atoms. The average molecular weight is 359 g/mol.